The third kappa shape index (κ3) is 5.36. The molecule has 0 fully saturated rings. The second-order valence-electron chi connectivity index (χ2n) is 8.06. The highest BCUT2D eigenvalue weighted by atomic mass is 35.5. The number of hydrogen-bond donors (Lipinski definition) is 1. The average Bonchev–Trinajstić information content (AvgIpc) is 2.84. The van der Waals surface area contributed by atoms with E-state index < -0.39 is 10.8 Å². The Balaban J connectivity index is 1.64. The van der Waals surface area contributed by atoms with E-state index in [-0.39, 0.29) is 27.7 Å². The van der Waals surface area contributed by atoms with Gasteiger partial charge in [0.2, 0.25) is 5.91 Å². The molecule has 10 heteroatoms. The first-order valence-corrected chi connectivity index (χ1v) is 12.1. The normalized spacial score (nSPS) is 11.1. The summed E-state index contributed by atoms with van der Waals surface area (Å²) in [6.45, 7) is 4.18. The second kappa shape index (κ2) is 10.3. The van der Waals surface area contributed by atoms with Gasteiger partial charge in [-0.05, 0) is 47.9 Å². The summed E-state index contributed by atoms with van der Waals surface area (Å²) in [6, 6.07) is 18.8. The Labute approximate surface area is 210 Å². The lowest BCUT2D eigenvalue weighted by atomic mass is 10.0. The van der Waals surface area contributed by atoms with E-state index in [9.17, 15) is 19.7 Å². The Morgan fingerprint density at radius 1 is 1.14 bits per heavy atom. The monoisotopic (exact) mass is 508 g/mol. The number of anilines is 1. The van der Waals surface area contributed by atoms with E-state index in [1.807, 2.05) is 24.3 Å². The smallest absolute Gasteiger partial charge is 0.289 e. The maximum absolute atomic E-state index is 13.4. The highest BCUT2D eigenvalue weighted by Gasteiger charge is 2.17. The number of aromatic nitrogens is 2. The van der Waals surface area contributed by atoms with Gasteiger partial charge < -0.3 is 5.32 Å². The molecule has 0 saturated heterocycles. The summed E-state index contributed by atoms with van der Waals surface area (Å²) in [7, 11) is 0. The lowest BCUT2D eigenvalue weighted by Gasteiger charge is -2.14. The molecule has 1 aromatic heterocycles. The molecule has 1 heterocycles. The van der Waals surface area contributed by atoms with Crippen LogP contribution < -0.4 is 10.9 Å². The van der Waals surface area contributed by atoms with Gasteiger partial charge in [-0.2, -0.15) is 0 Å². The van der Waals surface area contributed by atoms with E-state index in [1.165, 1.54) is 22.8 Å². The Bertz CT molecular complexity index is 1490. The summed E-state index contributed by atoms with van der Waals surface area (Å²) in [4.78, 5) is 41.1. The molecule has 0 spiro atoms. The molecule has 0 unspecified atom stereocenters. The average molecular weight is 509 g/mol. The van der Waals surface area contributed by atoms with Gasteiger partial charge in [0.1, 0.15) is 5.02 Å². The zero-order valence-corrected chi connectivity index (χ0v) is 20.5. The number of nitrogens with zero attached hydrogens (tertiary/aromatic N) is 3. The molecule has 0 aliphatic carbocycles. The Morgan fingerprint density at radius 3 is 2.54 bits per heavy atom. The van der Waals surface area contributed by atoms with Crippen LogP contribution in [-0.4, -0.2) is 26.1 Å². The number of halogens is 1. The minimum Gasteiger partial charge on any atom is -0.325 e. The van der Waals surface area contributed by atoms with Crippen molar-refractivity contribution < 1.29 is 9.72 Å². The van der Waals surface area contributed by atoms with Crippen LogP contribution in [0, 0.1) is 10.1 Å². The highest BCUT2D eigenvalue weighted by molar-refractivity contribution is 7.99. The molecule has 1 N–H and O–H groups in total. The number of para-hydroxylation sites is 1. The van der Waals surface area contributed by atoms with Gasteiger partial charge in [-0.25, -0.2) is 4.98 Å². The summed E-state index contributed by atoms with van der Waals surface area (Å²) in [5.74, 6) is -0.127. The highest BCUT2D eigenvalue weighted by Crippen LogP contribution is 2.28. The summed E-state index contributed by atoms with van der Waals surface area (Å²) >= 11 is 6.94. The van der Waals surface area contributed by atoms with Gasteiger partial charge in [-0.1, -0.05) is 61.5 Å². The van der Waals surface area contributed by atoms with E-state index >= 15 is 0 Å². The van der Waals surface area contributed by atoms with Gasteiger partial charge >= 0.3 is 0 Å². The van der Waals surface area contributed by atoms with E-state index in [1.54, 1.807) is 24.3 Å². The second-order valence-corrected chi connectivity index (χ2v) is 9.41. The van der Waals surface area contributed by atoms with Crippen LogP contribution in [0.1, 0.15) is 25.3 Å². The molecule has 1 amide bonds. The van der Waals surface area contributed by atoms with Gasteiger partial charge in [0.25, 0.3) is 11.2 Å². The predicted molar refractivity (Wildman–Crippen MR) is 139 cm³/mol. The minimum absolute atomic E-state index is 0.0183. The van der Waals surface area contributed by atoms with Crippen LogP contribution in [0.2, 0.25) is 5.02 Å². The SMILES string of the molecule is CC(C)c1ccc(-n2c(SCC(=O)Nc3ccc(Cl)c([N+](=O)[O-])c3)nc3ccccc3c2=O)cc1. The van der Waals surface area contributed by atoms with Crippen LogP contribution >= 0.6 is 23.4 Å². The van der Waals surface area contributed by atoms with Gasteiger partial charge in [-0.3, -0.25) is 24.3 Å². The molecule has 0 atom stereocenters. The molecule has 0 radical (unpaired) electrons. The fraction of sp³-hybridized carbons (Fsp3) is 0.160. The number of nitrogens with one attached hydrogen (secondary N) is 1. The van der Waals surface area contributed by atoms with E-state index in [4.69, 9.17) is 11.6 Å². The Kier molecular flexibility index (Phi) is 7.18. The van der Waals surface area contributed by atoms with Crippen molar-refractivity contribution in [3.8, 4) is 5.69 Å². The fourth-order valence-electron chi connectivity index (χ4n) is 3.50. The molecule has 178 valence electrons. The largest absolute Gasteiger partial charge is 0.325 e. The van der Waals surface area contributed by atoms with Crippen LogP contribution in [-0.2, 0) is 4.79 Å². The molecule has 8 nitrogen and oxygen atoms in total. The standard InChI is InChI=1S/C25H21ClN4O4S/c1-15(2)16-7-10-18(11-8-16)29-24(32)19-5-3-4-6-21(19)28-25(29)35-14-23(31)27-17-9-12-20(26)22(13-17)30(33)34/h3-13,15H,14H2,1-2H3,(H,27,31). The van der Waals surface area contributed by atoms with E-state index in [0.29, 0.717) is 27.7 Å². The molecule has 35 heavy (non-hydrogen) atoms. The maximum atomic E-state index is 13.4. The van der Waals surface area contributed by atoms with Crippen LogP contribution in [0.15, 0.2) is 76.7 Å². The number of carbonyl (C=O) groups excluding carboxylic acids is 1. The van der Waals surface area contributed by atoms with Gasteiger partial charge in [0.15, 0.2) is 5.16 Å². The van der Waals surface area contributed by atoms with Crippen molar-refractivity contribution in [3.05, 3.63) is 97.8 Å². The molecule has 0 bridgehead atoms. The number of carbonyl (C=O) groups is 1. The Morgan fingerprint density at radius 2 is 1.86 bits per heavy atom. The first kappa shape index (κ1) is 24.4. The summed E-state index contributed by atoms with van der Waals surface area (Å²) in [5.41, 5.74) is 2.04. The molecular formula is C25H21ClN4O4S. The number of rotatable bonds is 7. The molecular weight excluding hydrogens is 488 g/mol. The van der Waals surface area contributed by atoms with Crippen molar-refractivity contribution in [3.63, 3.8) is 0 Å². The molecule has 4 rings (SSSR count). The van der Waals surface area contributed by atoms with Crippen molar-refractivity contribution in [2.45, 2.75) is 24.9 Å². The number of nitro benzene ring substituents is 1. The number of nitro groups is 1. The fourth-order valence-corrected chi connectivity index (χ4v) is 4.50. The van der Waals surface area contributed by atoms with Crippen LogP contribution in [0.3, 0.4) is 0 Å². The minimum atomic E-state index is -0.616. The number of benzene rings is 3. The molecule has 0 aliphatic rings. The number of hydrogen-bond acceptors (Lipinski definition) is 6. The van der Waals surface area contributed by atoms with Crippen molar-refractivity contribution in [1.29, 1.82) is 0 Å². The lowest BCUT2D eigenvalue weighted by Crippen LogP contribution is -2.23. The van der Waals surface area contributed by atoms with Crippen molar-refractivity contribution in [2.24, 2.45) is 0 Å². The number of fused-ring (bicyclic) bond motifs is 1. The summed E-state index contributed by atoms with van der Waals surface area (Å²) < 4.78 is 1.50. The third-order valence-corrected chi connectivity index (χ3v) is 6.58. The van der Waals surface area contributed by atoms with Gasteiger partial charge in [0, 0.05) is 11.8 Å². The quantitative estimate of drug-likeness (QED) is 0.146. The number of thioether (sulfide) groups is 1. The zero-order chi connectivity index (χ0) is 25.1. The topological polar surface area (TPSA) is 107 Å². The van der Waals surface area contributed by atoms with E-state index in [0.717, 1.165) is 17.3 Å². The van der Waals surface area contributed by atoms with Gasteiger partial charge in [0.05, 0.1) is 27.3 Å². The molecule has 0 saturated carbocycles. The van der Waals surface area contributed by atoms with Gasteiger partial charge in [-0.15, -0.1) is 0 Å². The first-order chi connectivity index (χ1) is 16.7. The lowest BCUT2D eigenvalue weighted by molar-refractivity contribution is -0.384. The van der Waals surface area contributed by atoms with Crippen molar-refractivity contribution in [2.75, 3.05) is 11.1 Å². The summed E-state index contributed by atoms with van der Waals surface area (Å²) in [5, 5.41) is 14.6. The first-order valence-electron chi connectivity index (χ1n) is 10.7. The maximum Gasteiger partial charge on any atom is 0.289 e. The molecule has 0 aliphatic heterocycles. The molecule has 3 aromatic carbocycles. The van der Waals surface area contributed by atoms with Crippen molar-refractivity contribution in [1.82, 2.24) is 9.55 Å². The van der Waals surface area contributed by atoms with Crippen LogP contribution in [0.25, 0.3) is 16.6 Å². The van der Waals surface area contributed by atoms with E-state index in [2.05, 4.69) is 24.1 Å². The summed E-state index contributed by atoms with van der Waals surface area (Å²) in [6.07, 6.45) is 0. The molecule has 4 aromatic rings. The number of amides is 1. The van der Waals surface area contributed by atoms with Crippen LogP contribution in [0.4, 0.5) is 11.4 Å². The van der Waals surface area contributed by atoms with Crippen molar-refractivity contribution >= 4 is 51.5 Å². The van der Waals surface area contributed by atoms with Crippen LogP contribution in [0.5, 0.6) is 0 Å². The Hall–Kier alpha value is -3.69. The third-order valence-electron chi connectivity index (χ3n) is 5.32. The zero-order valence-electron chi connectivity index (χ0n) is 18.9. The predicted octanol–water partition coefficient (Wildman–Crippen LogP) is 5.80.